The number of nitro groups is 1. The topological polar surface area (TPSA) is 87.3 Å². The Morgan fingerprint density at radius 3 is 2.71 bits per heavy atom. The third-order valence-electron chi connectivity index (χ3n) is 2.40. The van der Waals surface area contributed by atoms with E-state index in [0.717, 1.165) is 0 Å². The van der Waals surface area contributed by atoms with Crippen molar-refractivity contribution in [1.82, 2.24) is 9.78 Å². The van der Waals surface area contributed by atoms with Crippen molar-refractivity contribution in [1.29, 1.82) is 0 Å². The summed E-state index contributed by atoms with van der Waals surface area (Å²) in [6, 6.07) is 0. The zero-order valence-corrected chi connectivity index (χ0v) is 10.1. The highest BCUT2D eigenvalue weighted by Gasteiger charge is 2.26. The van der Waals surface area contributed by atoms with Gasteiger partial charge < -0.3 is 4.74 Å². The average molecular weight is 241 g/mol. The second kappa shape index (κ2) is 5.53. The molecule has 7 nitrogen and oxygen atoms in total. The normalized spacial score (nSPS) is 10.5. The first kappa shape index (κ1) is 13.3. The second-order valence-corrected chi connectivity index (χ2v) is 3.62. The van der Waals surface area contributed by atoms with Crippen LogP contribution >= 0.6 is 0 Å². The third-order valence-corrected chi connectivity index (χ3v) is 2.40. The lowest BCUT2D eigenvalue weighted by Gasteiger charge is -2.00. The molecule has 0 aliphatic heterocycles. The van der Waals surface area contributed by atoms with Crippen molar-refractivity contribution in [2.24, 2.45) is 7.05 Å². The van der Waals surface area contributed by atoms with Crippen LogP contribution in [0.4, 0.5) is 5.69 Å². The summed E-state index contributed by atoms with van der Waals surface area (Å²) in [4.78, 5) is 21.9. The Labute approximate surface area is 98.5 Å². The number of ether oxygens (including phenoxy) is 1. The van der Waals surface area contributed by atoms with Gasteiger partial charge in [0, 0.05) is 14.2 Å². The molecule has 1 rings (SSSR count). The molecule has 94 valence electrons. The SMILES string of the molecule is CCc1nn(C)c(CC(=O)COC)c1[N+](=O)[O-]. The predicted molar refractivity (Wildman–Crippen MR) is 59.8 cm³/mol. The Balaban J connectivity index is 3.09. The number of methoxy groups -OCH3 is 1. The minimum absolute atomic E-state index is 0.0341. The molecule has 0 spiro atoms. The summed E-state index contributed by atoms with van der Waals surface area (Å²) in [6.07, 6.45) is 0.427. The zero-order chi connectivity index (χ0) is 13.0. The van der Waals surface area contributed by atoms with Gasteiger partial charge in [0.15, 0.2) is 5.78 Å². The number of hydrogen-bond acceptors (Lipinski definition) is 5. The van der Waals surface area contributed by atoms with E-state index in [1.807, 2.05) is 0 Å². The second-order valence-electron chi connectivity index (χ2n) is 3.62. The molecule has 0 fully saturated rings. The molecule has 0 aromatic carbocycles. The number of carbonyl (C=O) groups is 1. The fraction of sp³-hybridized carbons (Fsp3) is 0.600. The Hall–Kier alpha value is -1.76. The first-order valence-corrected chi connectivity index (χ1v) is 5.21. The molecule has 0 saturated carbocycles. The van der Waals surface area contributed by atoms with Crippen molar-refractivity contribution in [2.75, 3.05) is 13.7 Å². The highest BCUT2D eigenvalue weighted by atomic mass is 16.6. The summed E-state index contributed by atoms with van der Waals surface area (Å²) in [5.74, 6) is -0.207. The van der Waals surface area contributed by atoms with Gasteiger partial charge in [-0.15, -0.1) is 0 Å². The first-order valence-electron chi connectivity index (χ1n) is 5.21. The molecule has 1 aromatic heterocycles. The number of nitrogens with zero attached hydrogens (tertiary/aromatic N) is 3. The maximum absolute atomic E-state index is 11.4. The molecule has 0 radical (unpaired) electrons. The van der Waals surface area contributed by atoms with Crippen LogP contribution in [0.1, 0.15) is 18.3 Å². The number of Topliss-reactive ketones (excluding diaryl/α,β-unsaturated/α-hetero) is 1. The fourth-order valence-electron chi connectivity index (χ4n) is 1.65. The Morgan fingerprint density at radius 2 is 2.24 bits per heavy atom. The molecular weight excluding hydrogens is 226 g/mol. The summed E-state index contributed by atoms with van der Waals surface area (Å²) in [5, 5.41) is 15.0. The molecule has 0 atom stereocenters. The van der Waals surface area contributed by atoms with Crippen molar-refractivity contribution in [3.05, 3.63) is 21.5 Å². The first-order chi connectivity index (χ1) is 8.01. The van der Waals surface area contributed by atoms with E-state index in [2.05, 4.69) is 5.10 Å². The van der Waals surface area contributed by atoms with Crippen LogP contribution in [0.2, 0.25) is 0 Å². The van der Waals surface area contributed by atoms with Crippen molar-refractivity contribution < 1.29 is 14.5 Å². The summed E-state index contributed by atoms with van der Waals surface area (Å²) < 4.78 is 6.09. The Morgan fingerprint density at radius 1 is 1.59 bits per heavy atom. The van der Waals surface area contributed by atoms with Crippen LogP contribution in [0.3, 0.4) is 0 Å². The number of rotatable bonds is 6. The highest BCUT2D eigenvalue weighted by Crippen LogP contribution is 2.24. The largest absolute Gasteiger partial charge is 0.377 e. The molecule has 0 N–H and O–H groups in total. The van der Waals surface area contributed by atoms with E-state index in [-0.39, 0.29) is 24.5 Å². The maximum Gasteiger partial charge on any atom is 0.313 e. The number of aromatic nitrogens is 2. The maximum atomic E-state index is 11.4. The van der Waals surface area contributed by atoms with Crippen LogP contribution in [0.25, 0.3) is 0 Å². The molecule has 17 heavy (non-hydrogen) atoms. The lowest BCUT2D eigenvalue weighted by atomic mass is 10.1. The van der Waals surface area contributed by atoms with Gasteiger partial charge in [0.25, 0.3) is 0 Å². The van der Waals surface area contributed by atoms with Gasteiger partial charge in [0.05, 0.1) is 11.3 Å². The number of aryl methyl sites for hydroxylation is 2. The van der Waals surface area contributed by atoms with Crippen LogP contribution in [-0.2, 0) is 29.4 Å². The lowest BCUT2D eigenvalue weighted by Crippen LogP contribution is -2.13. The van der Waals surface area contributed by atoms with Crippen LogP contribution in [0, 0.1) is 10.1 Å². The predicted octanol–water partition coefficient (Wildman–Crippen LogP) is 0.649. The van der Waals surface area contributed by atoms with Crippen LogP contribution in [-0.4, -0.2) is 34.2 Å². The van der Waals surface area contributed by atoms with Gasteiger partial charge in [-0.1, -0.05) is 6.92 Å². The molecule has 1 aromatic rings. The van der Waals surface area contributed by atoms with Crippen molar-refractivity contribution in [3.63, 3.8) is 0 Å². The van der Waals surface area contributed by atoms with Crippen molar-refractivity contribution >= 4 is 11.5 Å². The minimum atomic E-state index is -0.485. The molecule has 0 aliphatic carbocycles. The van der Waals surface area contributed by atoms with Crippen LogP contribution < -0.4 is 0 Å². The molecule has 1 heterocycles. The molecule has 0 amide bonds. The van der Waals surface area contributed by atoms with E-state index < -0.39 is 4.92 Å². The lowest BCUT2D eigenvalue weighted by molar-refractivity contribution is -0.386. The van der Waals surface area contributed by atoms with E-state index in [9.17, 15) is 14.9 Å². The summed E-state index contributed by atoms with van der Waals surface area (Å²) in [6.45, 7) is 1.74. The van der Waals surface area contributed by atoms with Gasteiger partial charge in [-0.3, -0.25) is 19.6 Å². The van der Waals surface area contributed by atoms with Crippen LogP contribution in [0.15, 0.2) is 0 Å². The smallest absolute Gasteiger partial charge is 0.313 e. The van der Waals surface area contributed by atoms with E-state index in [4.69, 9.17) is 4.74 Å². The molecule has 7 heteroatoms. The van der Waals surface area contributed by atoms with E-state index in [1.54, 1.807) is 14.0 Å². The molecule has 0 aliphatic rings. The quantitative estimate of drug-likeness (QED) is 0.539. The Kier molecular flexibility index (Phi) is 4.33. The fourth-order valence-corrected chi connectivity index (χ4v) is 1.65. The summed E-state index contributed by atoms with van der Waals surface area (Å²) in [7, 11) is 3.01. The van der Waals surface area contributed by atoms with Crippen LogP contribution in [0.5, 0.6) is 0 Å². The number of ketones is 1. The van der Waals surface area contributed by atoms with Gasteiger partial charge >= 0.3 is 5.69 Å². The van der Waals surface area contributed by atoms with Crippen molar-refractivity contribution in [3.8, 4) is 0 Å². The highest BCUT2D eigenvalue weighted by molar-refractivity contribution is 5.82. The summed E-state index contributed by atoms with van der Waals surface area (Å²) >= 11 is 0. The Bertz CT molecular complexity index is 439. The molecule has 0 saturated heterocycles. The van der Waals surface area contributed by atoms with Crippen molar-refractivity contribution in [2.45, 2.75) is 19.8 Å². The molecule has 0 bridgehead atoms. The zero-order valence-electron chi connectivity index (χ0n) is 10.1. The van der Waals surface area contributed by atoms with E-state index in [1.165, 1.54) is 11.8 Å². The third kappa shape index (κ3) is 2.88. The van der Waals surface area contributed by atoms with E-state index in [0.29, 0.717) is 17.8 Å². The number of carbonyl (C=O) groups excluding carboxylic acids is 1. The monoisotopic (exact) mass is 241 g/mol. The van der Waals surface area contributed by atoms with Gasteiger partial charge in [-0.05, 0) is 6.42 Å². The van der Waals surface area contributed by atoms with Gasteiger partial charge in [-0.25, -0.2) is 0 Å². The minimum Gasteiger partial charge on any atom is -0.377 e. The summed E-state index contributed by atoms with van der Waals surface area (Å²) in [5.41, 5.74) is 0.672. The van der Waals surface area contributed by atoms with Gasteiger partial charge in [-0.2, -0.15) is 5.10 Å². The standard InChI is InChI=1S/C10H15N3O4/c1-4-8-10(13(15)16)9(12(2)11-8)5-7(14)6-17-3/h4-6H2,1-3H3. The van der Waals surface area contributed by atoms with E-state index >= 15 is 0 Å². The van der Waals surface area contributed by atoms with Gasteiger partial charge in [0.1, 0.15) is 18.0 Å². The average Bonchev–Trinajstić information content (AvgIpc) is 2.56. The van der Waals surface area contributed by atoms with Gasteiger partial charge in [0.2, 0.25) is 0 Å². The molecular formula is C10H15N3O4. The molecule has 0 unspecified atom stereocenters. The number of hydrogen-bond donors (Lipinski definition) is 0.